The molecule has 2 aromatic carbocycles. The third kappa shape index (κ3) is 4.18. The van der Waals surface area contributed by atoms with E-state index in [1.54, 1.807) is 14.2 Å². The van der Waals surface area contributed by atoms with Gasteiger partial charge in [-0.15, -0.1) is 11.8 Å². The number of carbonyl (C=O) groups is 1. The molecule has 0 aliphatic rings. The summed E-state index contributed by atoms with van der Waals surface area (Å²) in [6, 6.07) is 15.0. The van der Waals surface area contributed by atoms with Crippen LogP contribution < -0.4 is 14.8 Å². The fourth-order valence-corrected chi connectivity index (χ4v) is 2.83. The van der Waals surface area contributed by atoms with E-state index in [9.17, 15) is 4.79 Å². The molecule has 1 unspecified atom stereocenters. The van der Waals surface area contributed by atoms with E-state index in [1.807, 2.05) is 55.5 Å². The SMILES string of the molecule is COc1cccc(SC(C)C(=O)Nc2ccccc2OC)c1. The summed E-state index contributed by atoms with van der Waals surface area (Å²) < 4.78 is 10.4. The molecule has 0 saturated carbocycles. The van der Waals surface area contributed by atoms with Crippen LogP contribution in [0.1, 0.15) is 6.92 Å². The Bertz CT molecular complexity index is 645. The number of hydrogen-bond donors (Lipinski definition) is 1. The maximum Gasteiger partial charge on any atom is 0.237 e. The van der Waals surface area contributed by atoms with Crippen LogP contribution >= 0.6 is 11.8 Å². The average Bonchev–Trinajstić information content (AvgIpc) is 2.55. The summed E-state index contributed by atoms with van der Waals surface area (Å²) in [5.74, 6) is 1.36. The number of ether oxygens (including phenoxy) is 2. The van der Waals surface area contributed by atoms with E-state index in [0.717, 1.165) is 10.6 Å². The second-order valence-electron chi connectivity index (χ2n) is 4.63. The number of thioether (sulfide) groups is 1. The van der Waals surface area contributed by atoms with Crippen LogP contribution in [0.5, 0.6) is 11.5 Å². The summed E-state index contributed by atoms with van der Waals surface area (Å²) >= 11 is 1.48. The van der Waals surface area contributed by atoms with Crippen LogP contribution in [0.3, 0.4) is 0 Å². The third-order valence-electron chi connectivity index (χ3n) is 3.09. The molecule has 1 N–H and O–H groups in total. The first kappa shape index (κ1) is 16.2. The Morgan fingerprint density at radius 2 is 1.86 bits per heavy atom. The molecule has 1 amide bonds. The molecule has 4 nitrogen and oxygen atoms in total. The highest BCUT2D eigenvalue weighted by Crippen LogP contribution is 2.28. The van der Waals surface area contributed by atoms with Gasteiger partial charge >= 0.3 is 0 Å². The summed E-state index contributed by atoms with van der Waals surface area (Å²) in [6.45, 7) is 1.87. The first-order valence-corrected chi connectivity index (χ1v) is 7.76. The third-order valence-corrected chi connectivity index (χ3v) is 4.18. The Kier molecular flexibility index (Phi) is 5.72. The summed E-state index contributed by atoms with van der Waals surface area (Å²) in [5, 5.41) is 2.66. The summed E-state index contributed by atoms with van der Waals surface area (Å²) in [6.07, 6.45) is 0. The van der Waals surface area contributed by atoms with Gasteiger partial charge in [-0.1, -0.05) is 18.2 Å². The Hall–Kier alpha value is -2.14. The summed E-state index contributed by atoms with van der Waals surface area (Å²) in [5.41, 5.74) is 0.674. The first-order chi connectivity index (χ1) is 10.6. The van der Waals surface area contributed by atoms with Crippen LogP contribution in [0.2, 0.25) is 0 Å². The lowest BCUT2D eigenvalue weighted by atomic mass is 10.3. The van der Waals surface area contributed by atoms with Gasteiger partial charge in [0.2, 0.25) is 5.91 Å². The van der Waals surface area contributed by atoms with E-state index in [1.165, 1.54) is 11.8 Å². The molecule has 22 heavy (non-hydrogen) atoms. The Labute approximate surface area is 134 Å². The predicted octanol–water partition coefficient (Wildman–Crippen LogP) is 3.82. The van der Waals surface area contributed by atoms with Crippen LogP contribution in [0.15, 0.2) is 53.4 Å². The number of amides is 1. The summed E-state index contributed by atoms with van der Waals surface area (Å²) in [7, 11) is 3.21. The Balaban J connectivity index is 2.02. The molecular formula is C17H19NO3S. The van der Waals surface area contributed by atoms with Crippen LogP contribution in [-0.4, -0.2) is 25.4 Å². The minimum absolute atomic E-state index is 0.0719. The highest BCUT2D eigenvalue weighted by atomic mass is 32.2. The smallest absolute Gasteiger partial charge is 0.237 e. The van der Waals surface area contributed by atoms with Crippen molar-refractivity contribution in [1.82, 2.24) is 0 Å². The lowest BCUT2D eigenvalue weighted by Gasteiger charge is -2.14. The lowest BCUT2D eigenvalue weighted by molar-refractivity contribution is -0.115. The van der Waals surface area contributed by atoms with E-state index in [-0.39, 0.29) is 11.2 Å². The first-order valence-electron chi connectivity index (χ1n) is 6.88. The number of para-hydroxylation sites is 2. The van der Waals surface area contributed by atoms with Crippen molar-refractivity contribution in [3.63, 3.8) is 0 Å². The van der Waals surface area contributed by atoms with Crippen molar-refractivity contribution < 1.29 is 14.3 Å². The number of methoxy groups -OCH3 is 2. The molecule has 0 saturated heterocycles. The van der Waals surface area contributed by atoms with Gasteiger partial charge in [-0.2, -0.15) is 0 Å². The van der Waals surface area contributed by atoms with Crippen molar-refractivity contribution in [2.45, 2.75) is 17.1 Å². The molecule has 0 spiro atoms. The minimum Gasteiger partial charge on any atom is -0.497 e. The molecule has 0 aliphatic carbocycles. The second-order valence-corrected chi connectivity index (χ2v) is 6.04. The van der Waals surface area contributed by atoms with Gasteiger partial charge in [0, 0.05) is 4.90 Å². The van der Waals surface area contributed by atoms with E-state index in [2.05, 4.69) is 5.32 Å². The van der Waals surface area contributed by atoms with Gasteiger partial charge in [-0.3, -0.25) is 4.79 Å². The van der Waals surface area contributed by atoms with Crippen LogP contribution in [-0.2, 0) is 4.79 Å². The monoisotopic (exact) mass is 317 g/mol. The normalized spacial score (nSPS) is 11.6. The number of carbonyl (C=O) groups excluding carboxylic acids is 1. The number of nitrogens with one attached hydrogen (secondary N) is 1. The number of rotatable bonds is 6. The molecule has 0 radical (unpaired) electrons. The minimum atomic E-state index is -0.239. The van der Waals surface area contributed by atoms with E-state index in [0.29, 0.717) is 11.4 Å². The zero-order valence-electron chi connectivity index (χ0n) is 12.8. The van der Waals surface area contributed by atoms with Crippen LogP contribution in [0.25, 0.3) is 0 Å². The molecule has 0 fully saturated rings. The van der Waals surface area contributed by atoms with Gasteiger partial charge in [0.15, 0.2) is 0 Å². The molecule has 5 heteroatoms. The topological polar surface area (TPSA) is 47.6 Å². The molecular weight excluding hydrogens is 298 g/mol. The zero-order valence-corrected chi connectivity index (χ0v) is 13.6. The maximum atomic E-state index is 12.3. The zero-order chi connectivity index (χ0) is 15.9. The lowest BCUT2D eigenvalue weighted by Crippen LogP contribution is -2.22. The quantitative estimate of drug-likeness (QED) is 0.823. The van der Waals surface area contributed by atoms with E-state index >= 15 is 0 Å². The van der Waals surface area contributed by atoms with Crippen LogP contribution in [0, 0.1) is 0 Å². The number of hydrogen-bond acceptors (Lipinski definition) is 4. The van der Waals surface area contributed by atoms with Crippen molar-refractivity contribution in [3.05, 3.63) is 48.5 Å². The highest BCUT2D eigenvalue weighted by Gasteiger charge is 2.16. The van der Waals surface area contributed by atoms with Crippen LogP contribution in [0.4, 0.5) is 5.69 Å². The molecule has 0 heterocycles. The van der Waals surface area contributed by atoms with Gasteiger partial charge in [0.05, 0.1) is 25.2 Å². The maximum absolute atomic E-state index is 12.3. The van der Waals surface area contributed by atoms with Gasteiger partial charge < -0.3 is 14.8 Å². The molecule has 1 atom stereocenters. The van der Waals surface area contributed by atoms with Gasteiger partial charge in [0.1, 0.15) is 11.5 Å². The molecule has 0 bridgehead atoms. The van der Waals surface area contributed by atoms with Crippen molar-refractivity contribution in [3.8, 4) is 11.5 Å². The molecule has 0 aromatic heterocycles. The number of benzene rings is 2. The van der Waals surface area contributed by atoms with Gasteiger partial charge in [-0.25, -0.2) is 0 Å². The van der Waals surface area contributed by atoms with Gasteiger partial charge in [-0.05, 0) is 37.3 Å². The Morgan fingerprint density at radius 3 is 2.59 bits per heavy atom. The standard InChI is InChI=1S/C17H19NO3S/c1-12(22-14-8-6-7-13(11-14)20-2)17(19)18-15-9-4-5-10-16(15)21-3/h4-12H,1-3H3,(H,18,19). The molecule has 2 aromatic rings. The van der Waals surface area contributed by atoms with E-state index in [4.69, 9.17) is 9.47 Å². The van der Waals surface area contributed by atoms with Crippen molar-refractivity contribution in [2.75, 3.05) is 19.5 Å². The highest BCUT2D eigenvalue weighted by molar-refractivity contribution is 8.00. The molecule has 2 rings (SSSR count). The Morgan fingerprint density at radius 1 is 1.09 bits per heavy atom. The predicted molar refractivity (Wildman–Crippen MR) is 89.9 cm³/mol. The molecule has 116 valence electrons. The fraction of sp³-hybridized carbons (Fsp3) is 0.235. The number of anilines is 1. The average molecular weight is 317 g/mol. The van der Waals surface area contributed by atoms with E-state index < -0.39 is 0 Å². The van der Waals surface area contributed by atoms with Crippen molar-refractivity contribution in [2.24, 2.45) is 0 Å². The summed E-state index contributed by atoms with van der Waals surface area (Å²) in [4.78, 5) is 13.3. The second kappa shape index (κ2) is 7.75. The van der Waals surface area contributed by atoms with Crippen molar-refractivity contribution in [1.29, 1.82) is 0 Å². The van der Waals surface area contributed by atoms with Crippen molar-refractivity contribution >= 4 is 23.4 Å². The fourth-order valence-electron chi connectivity index (χ4n) is 1.91. The van der Waals surface area contributed by atoms with Gasteiger partial charge in [0.25, 0.3) is 0 Å². The largest absolute Gasteiger partial charge is 0.497 e. The molecule has 0 aliphatic heterocycles.